The van der Waals surface area contributed by atoms with Gasteiger partial charge < -0.3 is 15.2 Å². The summed E-state index contributed by atoms with van der Waals surface area (Å²) in [4.78, 5) is 15.9. The van der Waals surface area contributed by atoms with Crippen molar-refractivity contribution in [2.24, 2.45) is 7.05 Å². The number of rotatable bonds is 5. The summed E-state index contributed by atoms with van der Waals surface area (Å²) >= 11 is 0. The van der Waals surface area contributed by atoms with E-state index in [4.69, 9.17) is 0 Å². The number of aryl methyl sites for hydroxylation is 1. The summed E-state index contributed by atoms with van der Waals surface area (Å²) in [7, 11) is 3.67. The van der Waals surface area contributed by atoms with Crippen molar-refractivity contribution in [1.82, 2.24) is 25.1 Å². The molecule has 0 saturated carbocycles. The first-order valence-corrected chi connectivity index (χ1v) is 5.95. The summed E-state index contributed by atoms with van der Waals surface area (Å²) in [5, 5.41) is 13.5. The van der Waals surface area contributed by atoms with Crippen LogP contribution in [0.1, 0.15) is 16.3 Å². The molecular formula is C12H16N6O. The zero-order valence-electron chi connectivity index (χ0n) is 10.9. The summed E-state index contributed by atoms with van der Waals surface area (Å²) in [5.74, 6) is 0.636. The molecule has 0 radical (unpaired) electrons. The summed E-state index contributed by atoms with van der Waals surface area (Å²) in [6, 6.07) is 3.51. The molecule has 0 aliphatic rings. The van der Waals surface area contributed by atoms with Crippen molar-refractivity contribution in [2.45, 2.75) is 6.42 Å². The van der Waals surface area contributed by atoms with Gasteiger partial charge >= 0.3 is 0 Å². The number of nitrogens with zero attached hydrogens (tertiary/aromatic N) is 4. The molecule has 2 heterocycles. The summed E-state index contributed by atoms with van der Waals surface area (Å²) in [5.41, 5.74) is 1.25. The van der Waals surface area contributed by atoms with Crippen molar-refractivity contribution in [2.75, 3.05) is 18.9 Å². The number of nitrogens with one attached hydrogen (secondary N) is 2. The van der Waals surface area contributed by atoms with E-state index in [1.807, 2.05) is 11.6 Å². The molecule has 0 aliphatic heterocycles. The molecule has 100 valence electrons. The number of hydrogen-bond donors (Lipinski definition) is 2. The van der Waals surface area contributed by atoms with Crippen LogP contribution in [0.4, 0.5) is 5.69 Å². The topological polar surface area (TPSA) is 84.7 Å². The van der Waals surface area contributed by atoms with Crippen LogP contribution in [-0.2, 0) is 13.5 Å². The van der Waals surface area contributed by atoms with Crippen LogP contribution in [0.25, 0.3) is 0 Å². The van der Waals surface area contributed by atoms with Crippen molar-refractivity contribution in [1.29, 1.82) is 0 Å². The molecule has 1 amide bonds. The second kappa shape index (κ2) is 5.94. The van der Waals surface area contributed by atoms with Crippen LogP contribution in [0, 0.1) is 0 Å². The van der Waals surface area contributed by atoms with Crippen molar-refractivity contribution >= 4 is 11.6 Å². The monoisotopic (exact) mass is 260 g/mol. The first-order chi connectivity index (χ1) is 9.20. The Morgan fingerprint density at radius 3 is 3.00 bits per heavy atom. The Morgan fingerprint density at radius 2 is 2.32 bits per heavy atom. The van der Waals surface area contributed by atoms with Crippen LogP contribution < -0.4 is 10.6 Å². The zero-order chi connectivity index (χ0) is 13.7. The van der Waals surface area contributed by atoms with E-state index in [0.29, 0.717) is 18.7 Å². The van der Waals surface area contributed by atoms with E-state index >= 15 is 0 Å². The smallest absolute Gasteiger partial charge is 0.269 e. The molecule has 2 rings (SSSR count). The van der Waals surface area contributed by atoms with E-state index in [0.717, 1.165) is 11.5 Å². The van der Waals surface area contributed by atoms with Gasteiger partial charge in [-0.15, -0.1) is 10.2 Å². The lowest BCUT2D eigenvalue weighted by Crippen LogP contribution is -2.27. The van der Waals surface area contributed by atoms with Gasteiger partial charge in [-0.3, -0.25) is 9.78 Å². The fourth-order valence-electron chi connectivity index (χ4n) is 1.62. The third-order valence-electron chi connectivity index (χ3n) is 2.72. The van der Waals surface area contributed by atoms with Gasteiger partial charge in [-0.2, -0.15) is 0 Å². The van der Waals surface area contributed by atoms with Crippen LogP contribution >= 0.6 is 0 Å². The number of carbonyl (C=O) groups excluding carboxylic acids is 1. The molecule has 0 spiro atoms. The predicted molar refractivity (Wildman–Crippen MR) is 70.8 cm³/mol. The van der Waals surface area contributed by atoms with Gasteiger partial charge in [0.2, 0.25) is 0 Å². The highest BCUT2D eigenvalue weighted by Gasteiger charge is 2.08. The fraction of sp³-hybridized carbons (Fsp3) is 0.333. The van der Waals surface area contributed by atoms with Crippen LogP contribution in [0.3, 0.4) is 0 Å². The molecule has 2 aromatic heterocycles. The Morgan fingerprint density at radius 1 is 1.47 bits per heavy atom. The first-order valence-electron chi connectivity index (χ1n) is 5.95. The highest BCUT2D eigenvalue weighted by atomic mass is 16.1. The highest BCUT2D eigenvalue weighted by Crippen LogP contribution is 2.06. The minimum atomic E-state index is -0.195. The second-order valence-corrected chi connectivity index (χ2v) is 4.04. The molecule has 0 aliphatic carbocycles. The standard InChI is InChI=1S/C12H16N6O/c1-13-9-3-5-14-10(7-9)12(19)15-6-4-11-17-16-8-18(11)2/h3,5,7-8H,4,6H2,1-2H3,(H,13,14)(H,15,19). The van der Waals surface area contributed by atoms with E-state index in [9.17, 15) is 4.79 Å². The fourth-order valence-corrected chi connectivity index (χ4v) is 1.62. The minimum Gasteiger partial charge on any atom is -0.388 e. The van der Waals surface area contributed by atoms with Crippen LogP contribution in [0.5, 0.6) is 0 Å². The van der Waals surface area contributed by atoms with Gasteiger partial charge in [0.25, 0.3) is 5.91 Å². The molecule has 0 fully saturated rings. The van der Waals surface area contributed by atoms with Crippen LogP contribution in [0.2, 0.25) is 0 Å². The Kier molecular flexibility index (Phi) is 4.07. The summed E-state index contributed by atoms with van der Waals surface area (Å²) < 4.78 is 1.83. The van der Waals surface area contributed by atoms with E-state index in [1.165, 1.54) is 0 Å². The molecule has 0 atom stereocenters. The summed E-state index contributed by atoms with van der Waals surface area (Å²) in [6.45, 7) is 0.497. The van der Waals surface area contributed by atoms with Gasteiger partial charge in [0.1, 0.15) is 17.8 Å². The van der Waals surface area contributed by atoms with E-state index < -0.39 is 0 Å². The maximum absolute atomic E-state index is 11.9. The Hall–Kier alpha value is -2.44. The third kappa shape index (κ3) is 3.27. The molecule has 0 aromatic carbocycles. The number of aromatic nitrogens is 4. The number of amides is 1. The average molecular weight is 260 g/mol. The molecule has 0 bridgehead atoms. The first kappa shape index (κ1) is 13.0. The average Bonchev–Trinajstić information content (AvgIpc) is 2.84. The molecule has 19 heavy (non-hydrogen) atoms. The molecule has 7 nitrogen and oxygen atoms in total. The van der Waals surface area contributed by atoms with Gasteiger partial charge in [-0.25, -0.2) is 0 Å². The van der Waals surface area contributed by atoms with Crippen molar-refractivity contribution in [3.8, 4) is 0 Å². The van der Waals surface area contributed by atoms with Crippen molar-refractivity contribution in [3.63, 3.8) is 0 Å². The Balaban J connectivity index is 1.89. The maximum Gasteiger partial charge on any atom is 0.269 e. The third-order valence-corrected chi connectivity index (χ3v) is 2.72. The molecule has 2 N–H and O–H groups in total. The van der Waals surface area contributed by atoms with Gasteiger partial charge in [0.15, 0.2) is 0 Å². The quantitative estimate of drug-likeness (QED) is 0.803. The van der Waals surface area contributed by atoms with Gasteiger partial charge in [-0.1, -0.05) is 0 Å². The van der Waals surface area contributed by atoms with Gasteiger partial charge in [-0.05, 0) is 12.1 Å². The molecule has 0 saturated heterocycles. The number of pyridine rings is 1. The van der Waals surface area contributed by atoms with E-state index in [1.54, 1.807) is 31.7 Å². The van der Waals surface area contributed by atoms with Crippen LogP contribution in [-0.4, -0.2) is 39.2 Å². The lowest BCUT2D eigenvalue weighted by Gasteiger charge is -2.05. The molecule has 2 aromatic rings. The molecule has 7 heteroatoms. The number of anilines is 1. The number of carbonyl (C=O) groups is 1. The lowest BCUT2D eigenvalue weighted by molar-refractivity contribution is 0.0949. The zero-order valence-corrected chi connectivity index (χ0v) is 10.9. The SMILES string of the molecule is CNc1ccnc(C(=O)NCCc2nncn2C)c1. The van der Waals surface area contributed by atoms with E-state index in [-0.39, 0.29) is 5.91 Å². The van der Waals surface area contributed by atoms with Crippen molar-refractivity contribution in [3.05, 3.63) is 36.2 Å². The largest absolute Gasteiger partial charge is 0.388 e. The second-order valence-electron chi connectivity index (χ2n) is 4.04. The Labute approximate surface area is 111 Å². The normalized spacial score (nSPS) is 10.2. The Bertz CT molecular complexity index is 565. The number of hydrogen-bond acceptors (Lipinski definition) is 5. The molecule has 0 unspecified atom stereocenters. The van der Waals surface area contributed by atoms with Crippen molar-refractivity contribution < 1.29 is 4.79 Å². The highest BCUT2D eigenvalue weighted by molar-refractivity contribution is 5.93. The van der Waals surface area contributed by atoms with Crippen LogP contribution in [0.15, 0.2) is 24.7 Å². The maximum atomic E-state index is 11.9. The predicted octanol–water partition coefficient (Wildman–Crippen LogP) is 0.224. The van der Waals surface area contributed by atoms with E-state index in [2.05, 4.69) is 25.8 Å². The lowest BCUT2D eigenvalue weighted by atomic mass is 10.3. The summed E-state index contributed by atoms with van der Waals surface area (Å²) in [6.07, 6.45) is 3.87. The van der Waals surface area contributed by atoms with Gasteiger partial charge in [0, 0.05) is 38.9 Å². The molecular weight excluding hydrogens is 244 g/mol. The van der Waals surface area contributed by atoms with Gasteiger partial charge in [0.05, 0.1) is 0 Å². The minimum absolute atomic E-state index is 0.195.